The minimum atomic E-state index is -0.557. The third kappa shape index (κ3) is 4.48. The first-order valence-corrected chi connectivity index (χ1v) is 9.85. The van der Waals surface area contributed by atoms with E-state index in [-0.39, 0.29) is 24.8 Å². The van der Waals surface area contributed by atoms with Gasteiger partial charge in [-0.1, -0.05) is 18.2 Å². The standard InChI is InChI=1S/C22H24N4O4/c1-3-25(4-2)21(29)15-8-7-9-16(14-15)23-19(27)12-13-26-18-11-6-5-10-17(18)20(28)24-22(26)30/h5-11,14H,3-4,12-13H2,1-2H3,(H,23,27)(H,24,28,30). The van der Waals surface area contributed by atoms with Crippen LogP contribution in [0, 0.1) is 0 Å². The summed E-state index contributed by atoms with van der Waals surface area (Å²) in [5, 5.41) is 3.15. The van der Waals surface area contributed by atoms with Crippen molar-refractivity contribution >= 4 is 28.4 Å². The molecule has 0 bridgehead atoms. The highest BCUT2D eigenvalue weighted by atomic mass is 16.2. The number of rotatable bonds is 7. The maximum atomic E-state index is 12.5. The Bertz CT molecular complexity index is 1190. The Morgan fingerprint density at radius 1 is 1.03 bits per heavy atom. The van der Waals surface area contributed by atoms with Crippen LogP contribution in [0.2, 0.25) is 0 Å². The molecule has 2 aromatic carbocycles. The molecule has 1 aromatic heterocycles. The molecule has 0 radical (unpaired) electrons. The van der Waals surface area contributed by atoms with Gasteiger partial charge in [-0.25, -0.2) is 4.79 Å². The van der Waals surface area contributed by atoms with E-state index in [4.69, 9.17) is 0 Å². The quantitative estimate of drug-likeness (QED) is 0.625. The van der Waals surface area contributed by atoms with Crippen molar-refractivity contribution in [2.45, 2.75) is 26.8 Å². The number of para-hydroxylation sites is 1. The third-order valence-corrected chi connectivity index (χ3v) is 4.91. The first-order chi connectivity index (χ1) is 14.4. The summed E-state index contributed by atoms with van der Waals surface area (Å²) in [6, 6.07) is 13.5. The molecule has 3 rings (SSSR count). The predicted octanol–water partition coefficient (Wildman–Crippen LogP) is 2.20. The second kappa shape index (κ2) is 9.21. The highest BCUT2D eigenvalue weighted by Gasteiger charge is 2.14. The van der Waals surface area contributed by atoms with Gasteiger partial charge in [-0.2, -0.15) is 0 Å². The minimum absolute atomic E-state index is 0.0319. The lowest BCUT2D eigenvalue weighted by molar-refractivity contribution is -0.116. The van der Waals surface area contributed by atoms with Gasteiger partial charge in [0.15, 0.2) is 0 Å². The van der Waals surface area contributed by atoms with Gasteiger partial charge in [-0.15, -0.1) is 0 Å². The van der Waals surface area contributed by atoms with E-state index in [0.29, 0.717) is 35.2 Å². The molecule has 3 aromatic rings. The molecule has 8 nitrogen and oxygen atoms in total. The molecule has 0 fully saturated rings. The van der Waals surface area contributed by atoms with Crippen LogP contribution in [0.3, 0.4) is 0 Å². The summed E-state index contributed by atoms with van der Waals surface area (Å²) in [5.41, 5.74) is 0.478. The fourth-order valence-corrected chi connectivity index (χ4v) is 3.32. The van der Waals surface area contributed by atoms with E-state index >= 15 is 0 Å². The van der Waals surface area contributed by atoms with Gasteiger partial charge < -0.3 is 10.2 Å². The second-order valence-corrected chi connectivity index (χ2v) is 6.78. The first kappa shape index (κ1) is 21.0. The fraction of sp³-hybridized carbons (Fsp3) is 0.273. The Labute approximate surface area is 173 Å². The highest BCUT2D eigenvalue weighted by molar-refractivity contribution is 5.97. The second-order valence-electron chi connectivity index (χ2n) is 6.78. The van der Waals surface area contributed by atoms with Gasteiger partial charge in [0.05, 0.1) is 10.9 Å². The van der Waals surface area contributed by atoms with Gasteiger partial charge in [0.25, 0.3) is 11.5 Å². The molecular formula is C22H24N4O4. The number of nitrogens with one attached hydrogen (secondary N) is 2. The monoisotopic (exact) mass is 408 g/mol. The third-order valence-electron chi connectivity index (χ3n) is 4.91. The van der Waals surface area contributed by atoms with Crippen LogP contribution in [0.4, 0.5) is 5.69 Å². The Kier molecular flexibility index (Phi) is 6.46. The molecule has 0 saturated carbocycles. The number of amides is 2. The van der Waals surface area contributed by atoms with E-state index in [1.165, 1.54) is 4.57 Å². The molecule has 8 heteroatoms. The number of H-pyrrole nitrogens is 1. The highest BCUT2D eigenvalue weighted by Crippen LogP contribution is 2.14. The average molecular weight is 408 g/mol. The zero-order valence-electron chi connectivity index (χ0n) is 17.0. The van der Waals surface area contributed by atoms with Gasteiger partial charge in [0.1, 0.15) is 0 Å². The molecule has 0 aliphatic heterocycles. The van der Waals surface area contributed by atoms with Crippen LogP contribution in [0.25, 0.3) is 10.9 Å². The van der Waals surface area contributed by atoms with Crippen molar-refractivity contribution in [2.24, 2.45) is 0 Å². The van der Waals surface area contributed by atoms with Crippen LogP contribution in [0.5, 0.6) is 0 Å². The van der Waals surface area contributed by atoms with Crippen molar-refractivity contribution in [3.63, 3.8) is 0 Å². The summed E-state index contributed by atoms with van der Waals surface area (Å²) in [6.45, 7) is 5.15. The molecule has 0 atom stereocenters. The van der Waals surface area contributed by atoms with Gasteiger partial charge in [0, 0.05) is 37.3 Å². The van der Waals surface area contributed by atoms with Crippen LogP contribution >= 0.6 is 0 Å². The predicted molar refractivity (Wildman–Crippen MR) is 116 cm³/mol. The Morgan fingerprint density at radius 3 is 2.50 bits per heavy atom. The number of benzene rings is 2. The largest absolute Gasteiger partial charge is 0.339 e. The van der Waals surface area contributed by atoms with Crippen LogP contribution in [-0.2, 0) is 11.3 Å². The lowest BCUT2D eigenvalue weighted by Gasteiger charge is -2.19. The van der Waals surface area contributed by atoms with E-state index in [0.717, 1.165) is 0 Å². The topological polar surface area (TPSA) is 104 Å². The molecule has 2 N–H and O–H groups in total. The fourth-order valence-electron chi connectivity index (χ4n) is 3.32. The zero-order valence-corrected chi connectivity index (χ0v) is 17.0. The lowest BCUT2D eigenvalue weighted by atomic mass is 10.1. The van der Waals surface area contributed by atoms with Gasteiger partial charge >= 0.3 is 5.69 Å². The number of hydrogen-bond acceptors (Lipinski definition) is 4. The number of nitrogens with zero attached hydrogens (tertiary/aromatic N) is 2. The number of anilines is 1. The van der Waals surface area contributed by atoms with Crippen LogP contribution in [-0.4, -0.2) is 39.4 Å². The SMILES string of the molecule is CCN(CC)C(=O)c1cccc(NC(=O)CCn2c(=O)[nH]c(=O)c3ccccc32)c1. The molecule has 0 saturated heterocycles. The number of fused-ring (bicyclic) bond motifs is 1. The van der Waals surface area contributed by atoms with Crippen molar-refractivity contribution < 1.29 is 9.59 Å². The summed E-state index contributed by atoms with van der Waals surface area (Å²) in [6.07, 6.45) is 0.0319. The summed E-state index contributed by atoms with van der Waals surface area (Å²) >= 11 is 0. The number of aromatic nitrogens is 2. The number of aromatic amines is 1. The van der Waals surface area contributed by atoms with Crippen LogP contribution in [0.1, 0.15) is 30.6 Å². The van der Waals surface area contributed by atoms with E-state index in [1.54, 1.807) is 53.4 Å². The lowest BCUT2D eigenvalue weighted by Crippen LogP contribution is -2.31. The molecule has 0 spiro atoms. The Balaban J connectivity index is 1.73. The first-order valence-electron chi connectivity index (χ1n) is 9.85. The van der Waals surface area contributed by atoms with Crippen molar-refractivity contribution in [2.75, 3.05) is 18.4 Å². The Morgan fingerprint density at radius 2 is 1.77 bits per heavy atom. The maximum absolute atomic E-state index is 12.5. The smallest absolute Gasteiger partial charge is 0.328 e. The van der Waals surface area contributed by atoms with Crippen LogP contribution in [0.15, 0.2) is 58.1 Å². The molecule has 156 valence electrons. The normalized spacial score (nSPS) is 10.7. The molecular weight excluding hydrogens is 384 g/mol. The molecule has 0 unspecified atom stereocenters. The van der Waals surface area contributed by atoms with E-state index in [9.17, 15) is 19.2 Å². The van der Waals surface area contributed by atoms with E-state index in [2.05, 4.69) is 10.3 Å². The summed E-state index contributed by atoms with van der Waals surface area (Å²) < 4.78 is 1.37. The molecule has 0 aliphatic carbocycles. The number of aryl methyl sites for hydroxylation is 1. The summed E-state index contributed by atoms with van der Waals surface area (Å²) in [5.74, 6) is -0.396. The zero-order chi connectivity index (χ0) is 21.7. The van der Waals surface area contributed by atoms with Crippen molar-refractivity contribution in [1.82, 2.24) is 14.5 Å². The number of carbonyl (C=O) groups is 2. The van der Waals surface area contributed by atoms with Crippen LogP contribution < -0.4 is 16.6 Å². The Hall–Kier alpha value is -3.68. The summed E-state index contributed by atoms with van der Waals surface area (Å²) in [7, 11) is 0. The van der Waals surface area contributed by atoms with E-state index < -0.39 is 11.2 Å². The molecule has 2 amide bonds. The van der Waals surface area contributed by atoms with Gasteiger partial charge in [-0.3, -0.25) is 23.9 Å². The van der Waals surface area contributed by atoms with Gasteiger partial charge in [-0.05, 0) is 44.2 Å². The van der Waals surface area contributed by atoms with Gasteiger partial charge in [0.2, 0.25) is 5.91 Å². The maximum Gasteiger partial charge on any atom is 0.328 e. The molecule has 30 heavy (non-hydrogen) atoms. The van der Waals surface area contributed by atoms with Crippen molar-refractivity contribution in [3.05, 3.63) is 74.9 Å². The minimum Gasteiger partial charge on any atom is -0.339 e. The summed E-state index contributed by atoms with van der Waals surface area (Å²) in [4.78, 5) is 53.0. The van der Waals surface area contributed by atoms with E-state index in [1.807, 2.05) is 13.8 Å². The number of hydrogen-bond donors (Lipinski definition) is 2. The number of carbonyl (C=O) groups excluding carboxylic acids is 2. The average Bonchev–Trinajstić information content (AvgIpc) is 2.74. The molecule has 0 aliphatic rings. The van der Waals surface area contributed by atoms with Crippen molar-refractivity contribution in [1.29, 1.82) is 0 Å². The van der Waals surface area contributed by atoms with Crippen molar-refractivity contribution in [3.8, 4) is 0 Å². The molecule has 1 heterocycles.